The van der Waals surface area contributed by atoms with Gasteiger partial charge in [0.1, 0.15) is 0 Å². The van der Waals surface area contributed by atoms with Gasteiger partial charge in [0, 0.05) is 30.2 Å². The van der Waals surface area contributed by atoms with Crippen LogP contribution in [0.25, 0.3) is 0 Å². The molecule has 0 aromatic carbocycles. The van der Waals surface area contributed by atoms with E-state index < -0.39 is 0 Å². The molecule has 0 spiro atoms. The van der Waals surface area contributed by atoms with Crippen LogP contribution in [-0.4, -0.2) is 38.0 Å². The number of hydrogen-bond acceptors (Lipinski definition) is 3. The number of rotatable bonds is 5. The summed E-state index contributed by atoms with van der Waals surface area (Å²) in [6.45, 7) is 8.13. The second-order valence-corrected chi connectivity index (χ2v) is 4.96. The van der Waals surface area contributed by atoms with Crippen molar-refractivity contribution in [3.63, 3.8) is 0 Å². The Kier molecular flexibility index (Phi) is 3.81. The van der Waals surface area contributed by atoms with Crippen molar-refractivity contribution in [2.24, 2.45) is 0 Å². The molecule has 0 saturated heterocycles. The van der Waals surface area contributed by atoms with Gasteiger partial charge in [-0.15, -0.1) is 0 Å². The first-order chi connectivity index (χ1) is 8.56. The van der Waals surface area contributed by atoms with Crippen LogP contribution in [0, 0.1) is 13.8 Å². The predicted octanol–water partition coefficient (Wildman–Crippen LogP) is 1.74. The van der Waals surface area contributed by atoms with Crippen LogP contribution in [0.15, 0.2) is 18.3 Å². The van der Waals surface area contributed by atoms with E-state index in [1.165, 1.54) is 5.69 Å². The Labute approximate surface area is 108 Å². The molecule has 0 fully saturated rings. The highest BCUT2D eigenvalue weighted by molar-refractivity contribution is 5.06. The Balaban J connectivity index is 1.95. The van der Waals surface area contributed by atoms with E-state index in [2.05, 4.69) is 51.8 Å². The summed E-state index contributed by atoms with van der Waals surface area (Å²) in [5.74, 6) is 0. The molecule has 1 unspecified atom stereocenters. The molecule has 5 nitrogen and oxygen atoms in total. The first kappa shape index (κ1) is 12.8. The summed E-state index contributed by atoms with van der Waals surface area (Å²) in [5.41, 5.74) is 3.43. The third kappa shape index (κ3) is 2.98. The van der Waals surface area contributed by atoms with Gasteiger partial charge in [0.25, 0.3) is 0 Å². The number of aromatic amines is 1. The topological polar surface area (TPSA) is 49.7 Å². The Morgan fingerprint density at radius 3 is 2.78 bits per heavy atom. The maximum atomic E-state index is 4.50. The van der Waals surface area contributed by atoms with E-state index >= 15 is 0 Å². The summed E-state index contributed by atoms with van der Waals surface area (Å²) in [4.78, 5) is 2.30. The molecular weight excluding hydrogens is 226 g/mol. The smallest absolute Gasteiger partial charge is 0.0596 e. The van der Waals surface area contributed by atoms with Gasteiger partial charge in [0.05, 0.1) is 12.2 Å². The molecule has 0 bridgehead atoms. The van der Waals surface area contributed by atoms with Crippen LogP contribution in [0.5, 0.6) is 0 Å². The maximum absolute atomic E-state index is 4.50. The lowest BCUT2D eigenvalue weighted by Gasteiger charge is -2.24. The molecular formula is C13H21N5. The van der Waals surface area contributed by atoms with Gasteiger partial charge in [0.15, 0.2) is 0 Å². The maximum Gasteiger partial charge on any atom is 0.0596 e. The molecule has 0 saturated carbocycles. The lowest BCUT2D eigenvalue weighted by molar-refractivity contribution is 0.218. The minimum absolute atomic E-state index is 0.422. The quantitative estimate of drug-likeness (QED) is 0.875. The first-order valence-corrected chi connectivity index (χ1v) is 6.26. The SMILES string of the molecule is Cc1cc(C)n(CC(C)N(C)Cc2ccn[nH]2)n1. The number of hydrogen-bond donors (Lipinski definition) is 1. The summed E-state index contributed by atoms with van der Waals surface area (Å²) in [5, 5.41) is 11.5. The number of aryl methyl sites for hydroxylation is 2. The van der Waals surface area contributed by atoms with Crippen molar-refractivity contribution >= 4 is 0 Å². The van der Waals surface area contributed by atoms with Crippen molar-refractivity contribution in [1.29, 1.82) is 0 Å². The van der Waals surface area contributed by atoms with Crippen molar-refractivity contribution in [3.05, 3.63) is 35.4 Å². The van der Waals surface area contributed by atoms with Gasteiger partial charge in [-0.05, 0) is 40.0 Å². The number of likely N-dealkylation sites (N-methyl/N-ethyl adjacent to an activating group) is 1. The Bertz CT molecular complexity index is 485. The summed E-state index contributed by atoms with van der Waals surface area (Å²) in [7, 11) is 2.12. The fourth-order valence-corrected chi connectivity index (χ4v) is 2.05. The highest BCUT2D eigenvalue weighted by atomic mass is 15.3. The molecule has 1 atom stereocenters. The first-order valence-electron chi connectivity index (χ1n) is 6.26. The van der Waals surface area contributed by atoms with E-state index in [1.807, 2.05) is 13.0 Å². The van der Waals surface area contributed by atoms with Gasteiger partial charge in [-0.1, -0.05) is 0 Å². The Morgan fingerprint density at radius 2 is 2.22 bits per heavy atom. The van der Waals surface area contributed by atoms with Gasteiger partial charge >= 0.3 is 0 Å². The van der Waals surface area contributed by atoms with Crippen molar-refractivity contribution in [1.82, 2.24) is 24.9 Å². The third-order valence-corrected chi connectivity index (χ3v) is 3.27. The highest BCUT2D eigenvalue weighted by Gasteiger charge is 2.12. The van der Waals surface area contributed by atoms with Crippen molar-refractivity contribution < 1.29 is 0 Å². The minimum atomic E-state index is 0.422. The Morgan fingerprint density at radius 1 is 1.44 bits per heavy atom. The van der Waals surface area contributed by atoms with E-state index in [-0.39, 0.29) is 0 Å². The number of aromatic nitrogens is 4. The molecule has 0 aliphatic carbocycles. The van der Waals surface area contributed by atoms with Crippen LogP contribution in [0.3, 0.4) is 0 Å². The molecule has 5 heteroatoms. The van der Waals surface area contributed by atoms with E-state index in [9.17, 15) is 0 Å². The normalized spacial score (nSPS) is 13.2. The van der Waals surface area contributed by atoms with E-state index in [1.54, 1.807) is 6.20 Å². The van der Waals surface area contributed by atoms with Crippen molar-refractivity contribution in [2.75, 3.05) is 7.05 Å². The van der Waals surface area contributed by atoms with E-state index in [0.29, 0.717) is 6.04 Å². The van der Waals surface area contributed by atoms with Crippen LogP contribution < -0.4 is 0 Å². The molecule has 2 aromatic heterocycles. The summed E-state index contributed by atoms with van der Waals surface area (Å²) < 4.78 is 2.07. The standard InChI is InChI=1S/C13H21N5/c1-10-7-11(2)18(16-10)8-12(3)17(4)9-13-5-6-14-15-13/h5-7,12H,8-9H2,1-4H3,(H,14,15). The van der Waals surface area contributed by atoms with Crippen LogP contribution in [-0.2, 0) is 13.1 Å². The van der Waals surface area contributed by atoms with Gasteiger partial charge < -0.3 is 0 Å². The minimum Gasteiger partial charge on any atom is -0.296 e. The zero-order valence-corrected chi connectivity index (χ0v) is 11.5. The number of nitrogens with one attached hydrogen (secondary N) is 1. The summed E-state index contributed by atoms with van der Waals surface area (Å²) in [6.07, 6.45) is 1.79. The summed E-state index contributed by atoms with van der Waals surface area (Å²) >= 11 is 0. The van der Waals surface area contributed by atoms with Gasteiger partial charge in [-0.2, -0.15) is 10.2 Å². The van der Waals surface area contributed by atoms with E-state index in [0.717, 1.165) is 24.5 Å². The summed E-state index contributed by atoms with van der Waals surface area (Å²) in [6, 6.07) is 4.54. The second kappa shape index (κ2) is 5.35. The molecule has 0 amide bonds. The molecule has 2 aromatic rings. The third-order valence-electron chi connectivity index (χ3n) is 3.27. The average molecular weight is 247 g/mol. The van der Waals surface area contributed by atoms with Crippen LogP contribution in [0.1, 0.15) is 24.0 Å². The molecule has 2 rings (SSSR count). The average Bonchev–Trinajstić information content (AvgIpc) is 2.89. The van der Waals surface area contributed by atoms with Crippen LogP contribution in [0.4, 0.5) is 0 Å². The van der Waals surface area contributed by atoms with Crippen molar-refractivity contribution in [2.45, 2.75) is 39.9 Å². The molecule has 2 heterocycles. The lowest BCUT2D eigenvalue weighted by atomic mass is 10.2. The second-order valence-electron chi connectivity index (χ2n) is 4.96. The number of nitrogens with zero attached hydrogens (tertiary/aromatic N) is 4. The van der Waals surface area contributed by atoms with Gasteiger partial charge in [-0.25, -0.2) is 0 Å². The molecule has 0 aliphatic heterocycles. The van der Waals surface area contributed by atoms with Crippen molar-refractivity contribution in [3.8, 4) is 0 Å². The van der Waals surface area contributed by atoms with Crippen LogP contribution >= 0.6 is 0 Å². The number of H-pyrrole nitrogens is 1. The Hall–Kier alpha value is -1.62. The fraction of sp³-hybridized carbons (Fsp3) is 0.538. The predicted molar refractivity (Wildman–Crippen MR) is 71.2 cm³/mol. The van der Waals surface area contributed by atoms with Gasteiger partial charge in [0.2, 0.25) is 0 Å². The molecule has 0 aliphatic rings. The highest BCUT2D eigenvalue weighted by Crippen LogP contribution is 2.08. The zero-order chi connectivity index (χ0) is 13.1. The van der Waals surface area contributed by atoms with Gasteiger partial charge in [-0.3, -0.25) is 14.7 Å². The lowest BCUT2D eigenvalue weighted by Crippen LogP contribution is -2.33. The monoisotopic (exact) mass is 247 g/mol. The molecule has 1 N–H and O–H groups in total. The largest absolute Gasteiger partial charge is 0.296 e. The fourth-order valence-electron chi connectivity index (χ4n) is 2.05. The van der Waals surface area contributed by atoms with E-state index in [4.69, 9.17) is 0 Å². The molecule has 18 heavy (non-hydrogen) atoms. The van der Waals surface area contributed by atoms with Crippen LogP contribution in [0.2, 0.25) is 0 Å². The molecule has 98 valence electrons. The molecule has 0 radical (unpaired) electrons. The zero-order valence-electron chi connectivity index (χ0n) is 11.5.